The fourth-order valence-corrected chi connectivity index (χ4v) is 3.18. The van der Waals surface area contributed by atoms with Crippen molar-refractivity contribution in [2.75, 3.05) is 0 Å². The fraction of sp³-hybridized carbons (Fsp3) is 0.0526. The molecule has 156 valence electrons. The third-order valence-electron chi connectivity index (χ3n) is 4.61. The minimum absolute atomic E-state index is 0.0957. The summed E-state index contributed by atoms with van der Waals surface area (Å²) >= 11 is 0. The standard InChI is InChI=1S/C19H12N4O8/c24-20(25)14-5-1-12(2-6-14)19(13-3-7-15(8-4-13)21(26)27)17-10-9-16(22(28)29)11-18(17)23(30)31/h1-11,19H. The Balaban J connectivity index is 2.23. The van der Waals surface area contributed by atoms with E-state index < -0.39 is 37.0 Å². The van der Waals surface area contributed by atoms with E-state index in [4.69, 9.17) is 0 Å². The molecule has 0 heterocycles. The second-order valence-corrected chi connectivity index (χ2v) is 6.39. The molecule has 3 aromatic carbocycles. The van der Waals surface area contributed by atoms with Gasteiger partial charge in [0.25, 0.3) is 22.7 Å². The molecule has 0 saturated carbocycles. The molecular formula is C19H12N4O8. The minimum Gasteiger partial charge on any atom is -0.258 e. The Kier molecular flexibility index (Phi) is 5.63. The number of hydrogen-bond donors (Lipinski definition) is 0. The van der Waals surface area contributed by atoms with Crippen LogP contribution in [0.4, 0.5) is 22.7 Å². The van der Waals surface area contributed by atoms with E-state index in [1.807, 2.05) is 0 Å². The molecule has 0 saturated heterocycles. The lowest BCUT2D eigenvalue weighted by Gasteiger charge is -2.18. The van der Waals surface area contributed by atoms with Crippen molar-refractivity contribution in [1.82, 2.24) is 0 Å². The average Bonchev–Trinajstić information content (AvgIpc) is 2.74. The molecule has 0 bridgehead atoms. The van der Waals surface area contributed by atoms with Gasteiger partial charge in [-0.05, 0) is 17.2 Å². The van der Waals surface area contributed by atoms with Crippen LogP contribution in [0.25, 0.3) is 0 Å². The van der Waals surface area contributed by atoms with Crippen LogP contribution >= 0.6 is 0 Å². The van der Waals surface area contributed by atoms with Gasteiger partial charge in [-0.25, -0.2) is 0 Å². The van der Waals surface area contributed by atoms with Gasteiger partial charge in [0.2, 0.25) is 0 Å². The molecule has 0 aromatic heterocycles. The molecule has 0 unspecified atom stereocenters. The molecule has 12 nitrogen and oxygen atoms in total. The first kappa shape index (κ1) is 21.0. The number of benzene rings is 3. The van der Waals surface area contributed by atoms with Crippen LogP contribution < -0.4 is 0 Å². The molecule has 0 amide bonds. The lowest BCUT2D eigenvalue weighted by atomic mass is 9.84. The van der Waals surface area contributed by atoms with Gasteiger partial charge in [0.05, 0.1) is 25.8 Å². The first-order valence-electron chi connectivity index (χ1n) is 8.60. The molecule has 0 N–H and O–H groups in total. The fourth-order valence-electron chi connectivity index (χ4n) is 3.18. The van der Waals surface area contributed by atoms with E-state index in [1.54, 1.807) is 0 Å². The summed E-state index contributed by atoms with van der Waals surface area (Å²) in [6, 6.07) is 13.7. The smallest absolute Gasteiger partial charge is 0.258 e. The molecule has 0 aliphatic rings. The topological polar surface area (TPSA) is 173 Å². The van der Waals surface area contributed by atoms with Crippen LogP contribution in [-0.4, -0.2) is 19.7 Å². The monoisotopic (exact) mass is 424 g/mol. The maximum atomic E-state index is 11.7. The van der Waals surface area contributed by atoms with E-state index >= 15 is 0 Å². The minimum atomic E-state index is -0.859. The normalized spacial score (nSPS) is 10.6. The van der Waals surface area contributed by atoms with E-state index in [-0.39, 0.29) is 16.9 Å². The quantitative estimate of drug-likeness (QED) is 0.303. The number of nitro groups is 4. The molecule has 12 heteroatoms. The summed E-state index contributed by atoms with van der Waals surface area (Å²) in [5.41, 5.74) is -0.419. The Bertz CT molecular complexity index is 1140. The van der Waals surface area contributed by atoms with Gasteiger partial charge in [0.15, 0.2) is 0 Å². The van der Waals surface area contributed by atoms with Crippen LogP contribution in [0.5, 0.6) is 0 Å². The summed E-state index contributed by atoms with van der Waals surface area (Å²) in [5.74, 6) is -0.859. The average molecular weight is 424 g/mol. The molecule has 0 aliphatic carbocycles. The molecular weight excluding hydrogens is 412 g/mol. The van der Waals surface area contributed by atoms with E-state index in [2.05, 4.69) is 0 Å². The highest BCUT2D eigenvalue weighted by atomic mass is 16.6. The summed E-state index contributed by atoms with van der Waals surface area (Å²) < 4.78 is 0. The van der Waals surface area contributed by atoms with Crippen LogP contribution in [0.2, 0.25) is 0 Å². The molecule has 0 aliphatic heterocycles. The number of non-ortho nitro benzene ring substituents is 3. The Morgan fingerprint density at radius 2 is 0.903 bits per heavy atom. The molecule has 0 radical (unpaired) electrons. The highest BCUT2D eigenvalue weighted by molar-refractivity contribution is 5.57. The Hall–Kier alpha value is -4.74. The predicted molar refractivity (Wildman–Crippen MR) is 107 cm³/mol. The zero-order valence-electron chi connectivity index (χ0n) is 15.5. The first-order chi connectivity index (χ1) is 14.7. The maximum Gasteiger partial charge on any atom is 0.280 e. The van der Waals surface area contributed by atoms with Crippen molar-refractivity contribution in [2.24, 2.45) is 0 Å². The van der Waals surface area contributed by atoms with E-state index in [0.717, 1.165) is 12.1 Å². The van der Waals surface area contributed by atoms with Crippen LogP contribution in [0.1, 0.15) is 22.6 Å². The number of hydrogen-bond acceptors (Lipinski definition) is 8. The van der Waals surface area contributed by atoms with Crippen molar-refractivity contribution in [1.29, 1.82) is 0 Å². The summed E-state index contributed by atoms with van der Waals surface area (Å²) in [5, 5.41) is 44.6. The van der Waals surface area contributed by atoms with Gasteiger partial charge in [-0.15, -0.1) is 0 Å². The molecule has 0 fully saturated rings. The molecule has 3 rings (SSSR count). The van der Waals surface area contributed by atoms with E-state index in [1.165, 1.54) is 54.6 Å². The summed E-state index contributed by atoms with van der Waals surface area (Å²) in [6.07, 6.45) is 0. The summed E-state index contributed by atoms with van der Waals surface area (Å²) in [4.78, 5) is 41.9. The van der Waals surface area contributed by atoms with Crippen molar-refractivity contribution >= 4 is 22.7 Å². The van der Waals surface area contributed by atoms with Crippen molar-refractivity contribution in [3.8, 4) is 0 Å². The van der Waals surface area contributed by atoms with Gasteiger partial charge >= 0.3 is 0 Å². The second-order valence-electron chi connectivity index (χ2n) is 6.39. The Labute approximate surface area is 173 Å². The maximum absolute atomic E-state index is 11.7. The Morgan fingerprint density at radius 1 is 0.516 bits per heavy atom. The SMILES string of the molecule is O=[N+]([O-])c1ccc(C(c2ccc([N+](=O)[O-])cc2)c2ccc([N+](=O)[O-])cc2[N+](=O)[O-])cc1. The van der Waals surface area contributed by atoms with Crippen LogP contribution in [0.3, 0.4) is 0 Å². The van der Waals surface area contributed by atoms with Crippen LogP contribution in [0, 0.1) is 40.5 Å². The predicted octanol–water partition coefficient (Wildman–Crippen LogP) is 4.50. The lowest BCUT2D eigenvalue weighted by molar-refractivity contribution is -0.394. The third-order valence-corrected chi connectivity index (χ3v) is 4.61. The number of nitrogens with zero attached hydrogens (tertiary/aromatic N) is 4. The Morgan fingerprint density at radius 3 is 1.26 bits per heavy atom. The van der Waals surface area contributed by atoms with Gasteiger partial charge in [-0.1, -0.05) is 24.3 Å². The highest BCUT2D eigenvalue weighted by Crippen LogP contribution is 2.39. The van der Waals surface area contributed by atoms with E-state index in [0.29, 0.717) is 11.1 Å². The van der Waals surface area contributed by atoms with Gasteiger partial charge in [-0.2, -0.15) is 0 Å². The van der Waals surface area contributed by atoms with Gasteiger partial charge in [-0.3, -0.25) is 40.5 Å². The van der Waals surface area contributed by atoms with Gasteiger partial charge in [0, 0.05) is 41.8 Å². The van der Waals surface area contributed by atoms with Gasteiger partial charge < -0.3 is 0 Å². The molecule has 0 atom stereocenters. The molecule has 3 aromatic rings. The molecule has 0 spiro atoms. The third kappa shape index (κ3) is 4.32. The number of rotatable bonds is 7. The zero-order valence-corrected chi connectivity index (χ0v) is 15.5. The molecule has 31 heavy (non-hydrogen) atoms. The highest BCUT2D eigenvalue weighted by Gasteiger charge is 2.28. The zero-order chi connectivity index (χ0) is 22.7. The van der Waals surface area contributed by atoms with Gasteiger partial charge in [0.1, 0.15) is 0 Å². The van der Waals surface area contributed by atoms with Crippen molar-refractivity contribution in [3.05, 3.63) is 124 Å². The van der Waals surface area contributed by atoms with Crippen LogP contribution in [0.15, 0.2) is 66.7 Å². The first-order valence-corrected chi connectivity index (χ1v) is 8.60. The largest absolute Gasteiger partial charge is 0.280 e. The lowest BCUT2D eigenvalue weighted by Crippen LogP contribution is -2.08. The van der Waals surface area contributed by atoms with Crippen LogP contribution in [-0.2, 0) is 0 Å². The summed E-state index contributed by atoms with van der Waals surface area (Å²) in [7, 11) is 0. The van der Waals surface area contributed by atoms with Crippen molar-refractivity contribution in [2.45, 2.75) is 5.92 Å². The van der Waals surface area contributed by atoms with Crippen molar-refractivity contribution < 1.29 is 19.7 Å². The van der Waals surface area contributed by atoms with E-state index in [9.17, 15) is 40.5 Å². The summed E-state index contributed by atoms with van der Waals surface area (Å²) in [6.45, 7) is 0. The second kappa shape index (κ2) is 8.32. The number of nitro benzene ring substituents is 4. The van der Waals surface area contributed by atoms with Crippen molar-refractivity contribution in [3.63, 3.8) is 0 Å².